The number of nitriles is 1. The number of benzene rings is 2. The summed E-state index contributed by atoms with van der Waals surface area (Å²) in [6.45, 7) is 1.42. The van der Waals surface area contributed by atoms with Crippen LogP contribution in [0.5, 0.6) is 5.75 Å². The number of hydrogen-bond acceptors (Lipinski definition) is 4. The molecule has 0 radical (unpaired) electrons. The molecule has 4 nitrogen and oxygen atoms in total. The first-order valence-electron chi connectivity index (χ1n) is 7.03. The molecule has 2 aromatic rings. The number of nitrogens with zero attached hydrogens (tertiary/aromatic N) is 2. The number of β-amino-alcohol motifs (C(OH)–C–C–N with tert-alkyl or cyclic N) is 1. The standard InChI is InChI=1S/C17H15FN2O2/c18-14-5-6-17-15(9-14)20(7-8-22-17)11-16(21)13-3-1-12(10-19)2-4-13/h1-6,9,16,21H,7-8,11H2. The minimum Gasteiger partial charge on any atom is -0.490 e. The van der Waals surface area contributed by atoms with Crippen LogP contribution in [0.3, 0.4) is 0 Å². The summed E-state index contributed by atoms with van der Waals surface area (Å²) in [7, 11) is 0. The zero-order chi connectivity index (χ0) is 15.5. The summed E-state index contributed by atoms with van der Waals surface area (Å²) in [5.41, 5.74) is 1.93. The highest BCUT2D eigenvalue weighted by atomic mass is 19.1. The van der Waals surface area contributed by atoms with E-state index in [0.29, 0.717) is 36.7 Å². The Balaban J connectivity index is 1.79. The van der Waals surface area contributed by atoms with E-state index in [-0.39, 0.29) is 5.82 Å². The molecule has 1 atom stereocenters. The SMILES string of the molecule is N#Cc1ccc(C(O)CN2CCOc3ccc(F)cc32)cc1. The van der Waals surface area contributed by atoms with Crippen LogP contribution < -0.4 is 9.64 Å². The van der Waals surface area contributed by atoms with Gasteiger partial charge in [-0.1, -0.05) is 12.1 Å². The molecule has 0 fully saturated rings. The lowest BCUT2D eigenvalue weighted by atomic mass is 10.1. The van der Waals surface area contributed by atoms with Crippen molar-refractivity contribution in [2.75, 3.05) is 24.6 Å². The molecule has 3 rings (SSSR count). The summed E-state index contributed by atoms with van der Waals surface area (Å²) in [6, 6.07) is 13.2. The van der Waals surface area contributed by atoms with Crippen LogP contribution in [-0.2, 0) is 0 Å². The summed E-state index contributed by atoms with van der Waals surface area (Å²) in [5, 5.41) is 19.2. The molecule has 5 heteroatoms. The summed E-state index contributed by atoms with van der Waals surface area (Å²) in [4.78, 5) is 1.91. The van der Waals surface area contributed by atoms with E-state index in [0.717, 1.165) is 5.56 Å². The summed E-state index contributed by atoms with van der Waals surface area (Å²) in [6.07, 6.45) is -0.720. The van der Waals surface area contributed by atoms with Crippen molar-refractivity contribution in [1.82, 2.24) is 0 Å². The fraction of sp³-hybridized carbons (Fsp3) is 0.235. The number of fused-ring (bicyclic) bond motifs is 1. The summed E-state index contributed by atoms with van der Waals surface area (Å²) < 4.78 is 18.9. The van der Waals surface area contributed by atoms with E-state index >= 15 is 0 Å². The third kappa shape index (κ3) is 2.87. The Morgan fingerprint density at radius 1 is 1.27 bits per heavy atom. The van der Waals surface area contributed by atoms with E-state index in [1.165, 1.54) is 12.1 Å². The zero-order valence-corrected chi connectivity index (χ0v) is 11.9. The number of halogens is 1. The Kier molecular flexibility index (Phi) is 3.94. The van der Waals surface area contributed by atoms with Crippen LogP contribution in [-0.4, -0.2) is 24.8 Å². The van der Waals surface area contributed by atoms with E-state index in [4.69, 9.17) is 10.00 Å². The highest BCUT2D eigenvalue weighted by Gasteiger charge is 2.21. The molecule has 112 valence electrons. The molecule has 0 saturated heterocycles. The van der Waals surface area contributed by atoms with Gasteiger partial charge < -0.3 is 14.7 Å². The maximum Gasteiger partial charge on any atom is 0.142 e. The molecule has 1 unspecified atom stereocenters. The molecular weight excluding hydrogens is 283 g/mol. The lowest BCUT2D eigenvalue weighted by molar-refractivity contribution is 0.179. The van der Waals surface area contributed by atoms with Gasteiger partial charge in [-0.2, -0.15) is 5.26 Å². The van der Waals surface area contributed by atoms with Gasteiger partial charge in [0.25, 0.3) is 0 Å². The Bertz CT molecular complexity index is 710. The fourth-order valence-electron chi connectivity index (χ4n) is 2.53. The smallest absolute Gasteiger partial charge is 0.142 e. The molecule has 0 saturated carbocycles. The second kappa shape index (κ2) is 6.04. The van der Waals surface area contributed by atoms with Crippen molar-refractivity contribution >= 4 is 5.69 Å². The Labute approximate surface area is 128 Å². The van der Waals surface area contributed by atoms with E-state index in [1.807, 2.05) is 11.0 Å². The van der Waals surface area contributed by atoms with Gasteiger partial charge in [-0.3, -0.25) is 0 Å². The van der Waals surface area contributed by atoms with Crippen molar-refractivity contribution in [2.45, 2.75) is 6.10 Å². The average molecular weight is 298 g/mol. The van der Waals surface area contributed by atoms with Crippen molar-refractivity contribution < 1.29 is 14.2 Å². The summed E-state index contributed by atoms with van der Waals surface area (Å²) in [5.74, 6) is 0.293. The third-order valence-corrected chi connectivity index (χ3v) is 3.70. The minimum atomic E-state index is -0.720. The monoisotopic (exact) mass is 298 g/mol. The van der Waals surface area contributed by atoms with Crippen LogP contribution in [0.1, 0.15) is 17.2 Å². The number of hydrogen-bond donors (Lipinski definition) is 1. The maximum absolute atomic E-state index is 13.4. The Morgan fingerprint density at radius 2 is 2.05 bits per heavy atom. The van der Waals surface area contributed by atoms with Gasteiger partial charge in [0.1, 0.15) is 18.2 Å². The van der Waals surface area contributed by atoms with Crippen LogP contribution in [0.2, 0.25) is 0 Å². The number of aliphatic hydroxyl groups is 1. The van der Waals surface area contributed by atoms with Crippen LogP contribution in [0.4, 0.5) is 10.1 Å². The predicted molar refractivity (Wildman–Crippen MR) is 80.2 cm³/mol. The van der Waals surface area contributed by atoms with Crippen molar-refractivity contribution in [2.24, 2.45) is 0 Å². The molecule has 1 heterocycles. The molecule has 0 amide bonds. The Morgan fingerprint density at radius 3 is 2.77 bits per heavy atom. The molecule has 1 N–H and O–H groups in total. The van der Waals surface area contributed by atoms with Crippen molar-refractivity contribution in [3.63, 3.8) is 0 Å². The maximum atomic E-state index is 13.4. The highest BCUT2D eigenvalue weighted by molar-refractivity contribution is 5.60. The van der Waals surface area contributed by atoms with Gasteiger partial charge in [0.2, 0.25) is 0 Å². The zero-order valence-electron chi connectivity index (χ0n) is 11.9. The fourth-order valence-corrected chi connectivity index (χ4v) is 2.53. The highest BCUT2D eigenvalue weighted by Crippen LogP contribution is 2.33. The quantitative estimate of drug-likeness (QED) is 0.946. The molecule has 0 aromatic heterocycles. The van der Waals surface area contributed by atoms with Gasteiger partial charge in [0.05, 0.1) is 30.0 Å². The second-order valence-corrected chi connectivity index (χ2v) is 5.16. The number of ether oxygens (including phenoxy) is 1. The molecule has 0 spiro atoms. The molecule has 0 bridgehead atoms. The van der Waals surface area contributed by atoms with Crippen LogP contribution in [0, 0.1) is 17.1 Å². The molecule has 2 aromatic carbocycles. The number of rotatable bonds is 3. The van der Waals surface area contributed by atoms with E-state index in [1.54, 1.807) is 30.3 Å². The lowest BCUT2D eigenvalue weighted by Crippen LogP contribution is -2.36. The van der Waals surface area contributed by atoms with Crippen molar-refractivity contribution in [1.29, 1.82) is 5.26 Å². The largest absolute Gasteiger partial charge is 0.490 e. The Hall–Kier alpha value is -2.58. The summed E-state index contributed by atoms with van der Waals surface area (Å²) >= 11 is 0. The van der Waals surface area contributed by atoms with Crippen molar-refractivity contribution in [3.8, 4) is 11.8 Å². The van der Waals surface area contributed by atoms with Gasteiger partial charge in [-0.25, -0.2) is 4.39 Å². The topological polar surface area (TPSA) is 56.5 Å². The van der Waals surface area contributed by atoms with Crippen LogP contribution >= 0.6 is 0 Å². The average Bonchev–Trinajstić information content (AvgIpc) is 2.55. The normalized spacial score (nSPS) is 14.7. The van der Waals surface area contributed by atoms with Crippen molar-refractivity contribution in [3.05, 3.63) is 59.4 Å². The molecular formula is C17H15FN2O2. The predicted octanol–water partition coefficient (Wildman–Crippen LogP) is 2.63. The molecule has 0 aliphatic carbocycles. The second-order valence-electron chi connectivity index (χ2n) is 5.16. The van der Waals surface area contributed by atoms with Gasteiger partial charge in [-0.15, -0.1) is 0 Å². The van der Waals surface area contributed by atoms with E-state index in [9.17, 15) is 9.50 Å². The van der Waals surface area contributed by atoms with E-state index < -0.39 is 6.10 Å². The first kappa shape index (κ1) is 14.4. The van der Waals surface area contributed by atoms with Gasteiger partial charge in [-0.05, 0) is 29.8 Å². The lowest BCUT2D eigenvalue weighted by Gasteiger charge is -2.32. The first-order valence-corrected chi connectivity index (χ1v) is 7.03. The van der Waals surface area contributed by atoms with E-state index in [2.05, 4.69) is 0 Å². The first-order chi connectivity index (χ1) is 10.7. The van der Waals surface area contributed by atoms with Gasteiger partial charge in [0.15, 0.2) is 0 Å². The van der Waals surface area contributed by atoms with Crippen LogP contribution in [0.25, 0.3) is 0 Å². The molecule has 1 aliphatic heterocycles. The molecule has 22 heavy (non-hydrogen) atoms. The van der Waals surface area contributed by atoms with Crippen LogP contribution in [0.15, 0.2) is 42.5 Å². The molecule has 1 aliphatic rings. The minimum absolute atomic E-state index is 0.331. The van der Waals surface area contributed by atoms with Gasteiger partial charge in [0, 0.05) is 12.6 Å². The number of aliphatic hydroxyl groups excluding tert-OH is 1. The number of anilines is 1. The third-order valence-electron chi connectivity index (χ3n) is 3.70. The van der Waals surface area contributed by atoms with Gasteiger partial charge >= 0.3 is 0 Å².